The molecule has 4 rings (SSSR count). The molecule has 23 heavy (non-hydrogen) atoms. The van der Waals surface area contributed by atoms with Gasteiger partial charge in [-0.1, -0.05) is 0 Å². The Morgan fingerprint density at radius 3 is 2.74 bits per heavy atom. The van der Waals surface area contributed by atoms with Crippen LogP contribution in [0.3, 0.4) is 0 Å². The summed E-state index contributed by atoms with van der Waals surface area (Å²) in [6.45, 7) is 5.36. The van der Waals surface area contributed by atoms with Crippen LogP contribution in [0.1, 0.15) is 11.7 Å². The quantitative estimate of drug-likeness (QED) is 0.862. The van der Waals surface area contributed by atoms with Gasteiger partial charge in [0.2, 0.25) is 0 Å². The molecule has 2 aliphatic rings. The van der Waals surface area contributed by atoms with Crippen molar-refractivity contribution in [3.8, 4) is 0 Å². The van der Waals surface area contributed by atoms with E-state index in [1.165, 1.54) is 5.69 Å². The topological polar surface area (TPSA) is 57.5 Å². The number of urea groups is 1. The average Bonchev–Trinajstić information content (AvgIpc) is 3.06. The molecule has 120 valence electrons. The minimum Gasteiger partial charge on any atom is -0.367 e. The van der Waals surface area contributed by atoms with E-state index in [1.54, 1.807) is 16.0 Å². The zero-order valence-corrected chi connectivity index (χ0v) is 13.4. The number of carbonyl (C=O) groups excluding carboxylic acids is 1. The van der Waals surface area contributed by atoms with Crippen LogP contribution in [0.5, 0.6) is 0 Å². The maximum Gasteiger partial charge on any atom is 0.324 e. The maximum atomic E-state index is 12.0. The SMILES string of the molecule is Cc1cc(N2CC(n3cc(N4CCN(C)C4=O)cn3)C2)ccn1. The first kappa shape index (κ1) is 14.0. The number of anilines is 2. The van der Waals surface area contributed by atoms with Crippen LogP contribution in [-0.4, -0.2) is 58.9 Å². The monoisotopic (exact) mass is 312 g/mol. The standard InChI is InChI=1S/C16H20N6O/c1-12-7-13(3-4-17-12)20-9-15(10-20)22-11-14(8-18-22)21-6-5-19(2)16(21)23/h3-4,7-8,11,15H,5-6,9-10H2,1-2H3. The largest absolute Gasteiger partial charge is 0.367 e. The summed E-state index contributed by atoms with van der Waals surface area (Å²) in [5, 5.41) is 4.45. The second kappa shape index (κ2) is 5.26. The van der Waals surface area contributed by atoms with Gasteiger partial charge in [-0.3, -0.25) is 14.6 Å². The molecule has 0 saturated carbocycles. The lowest BCUT2D eigenvalue weighted by Crippen LogP contribution is -2.48. The minimum atomic E-state index is 0.0482. The van der Waals surface area contributed by atoms with E-state index in [1.807, 2.05) is 37.1 Å². The highest BCUT2D eigenvalue weighted by Crippen LogP contribution is 2.29. The van der Waals surface area contributed by atoms with Gasteiger partial charge in [0.1, 0.15) is 0 Å². The van der Waals surface area contributed by atoms with Crippen molar-refractivity contribution in [2.24, 2.45) is 0 Å². The van der Waals surface area contributed by atoms with Crippen molar-refractivity contribution in [1.29, 1.82) is 0 Å². The van der Waals surface area contributed by atoms with E-state index in [4.69, 9.17) is 0 Å². The molecule has 7 nitrogen and oxygen atoms in total. The number of likely N-dealkylation sites (N-methyl/N-ethyl adjacent to an activating group) is 1. The van der Waals surface area contributed by atoms with Gasteiger partial charge in [-0.2, -0.15) is 5.10 Å². The smallest absolute Gasteiger partial charge is 0.324 e. The first-order valence-corrected chi connectivity index (χ1v) is 7.86. The normalized spacial score (nSPS) is 18.7. The third-order valence-corrected chi connectivity index (χ3v) is 4.60. The zero-order chi connectivity index (χ0) is 16.0. The molecule has 4 heterocycles. The third-order valence-electron chi connectivity index (χ3n) is 4.60. The van der Waals surface area contributed by atoms with Crippen LogP contribution >= 0.6 is 0 Å². The zero-order valence-electron chi connectivity index (χ0n) is 13.4. The van der Waals surface area contributed by atoms with E-state index in [0.717, 1.165) is 37.6 Å². The van der Waals surface area contributed by atoms with Crippen LogP contribution in [0.4, 0.5) is 16.2 Å². The van der Waals surface area contributed by atoms with E-state index in [9.17, 15) is 4.79 Å². The molecule has 0 aliphatic carbocycles. The van der Waals surface area contributed by atoms with Crippen LogP contribution in [0.2, 0.25) is 0 Å². The molecule has 0 radical (unpaired) electrons. The molecule has 2 amide bonds. The summed E-state index contributed by atoms with van der Waals surface area (Å²) in [5.41, 5.74) is 3.12. The van der Waals surface area contributed by atoms with Crippen molar-refractivity contribution in [2.45, 2.75) is 13.0 Å². The number of nitrogens with zero attached hydrogens (tertiary/aromatic N) is 6. The number of pyridine rings is 1. The highest BCUT2D eigenvalue weighted by Gasteiger charge is 2.31. The van der Waals surface area contributed by atoms with Crippen LogP contribution < -0.4 is 9.80 Å². The Labute approximate surface area is 135 Å². The number of carbonyl (C=O) groups is 1. The number of hydrogen-bond donors (Lipinski definition) is 0. The van der Waals surface area contributed by atoms with Gasteiger partial charge in [-0.15, -0.1) is 0 Å². The molecule has 2 aliphatic heterocycles. The fourth-order valence-corrected chi connectivity index (χ4v) is 3.11. The van der Waals surface area contributed by atoms with Gasteiger partial charge in [-0.05, 0) is 19.1 Å². The van der Waals surface area contributed by atoms with E-state index in [-0.39, 0.29) is 6.03 Å². The molecule has 0 spiro atoms. The fraction of sp³-hybridized carbons (Fsp3) is 0.438. The number of aryl methyl sites for hydroxylation is 1. The molecule has 7 heteroatoms. The predicted molar refractivity (Wildman–Crippen MR) is 87.8 cm³/mol. The van der Waals surface area contributed by atoms with Gasteiger partial charge in [0.25, 0.3) is 0 Å². The first-order chi connectivity index (χ1) is 11.1. The Bertz CT molecular complexity index is 736. The molecule has 2 aromatic heterocycles. The minimum absolute atomic E-state index is 0.0482. The summed E-state index contributed by atoms with van der Waals surface area (Å²) in [6, 6.07) is 4.54. The van der Waals surface area contributed by atoms with Crippen LogP contribution in [0.15, 0.2) is 30.7 Å². The predicted octanol–water partition coefficient (Wildman–Crippen LogP) is 1.52. The Morgan fingerprint density at radius 1 is 1.22 bits per heavy atom. The number of amides is 2. The van der Waals surface area contributed by atoms with Gasteiger partial charge in [0, 0.05) is 57.0 Å². The molecule has 0 unspecified atom stereocenters. The summed E-state index contributed by atoms with van der Waals surface area (Å²) in [4.78, 5) is 22.1. The highest BCUT2D eigenvalue weighted by molar-refractivity contribution is 5.93. The van der Waals surface area contributed by atoms with Crippen molar-refractivity contribution < 1.29 is 4.79 Å². The molecule has 0 N–H and O–H groups in total. The van der Waals surface area contributed by atoms with E-state index in [0.29, 0.717) is 6.04 Å². The van der Waals surface area contributed by atoms with E-state index in [2.05, 4.69) is 21.0 Å². The number of rotatable bonds is 3. The average molecular weight is 312 g/mol. The summed E-state index contributed by atoms with van der Waals surface area (Å²) < 4.78 is 1.98. The van der Waals surface area contributed by atoms with Crippen molar-refractivity contribution in [3.05, 3.63) is 36.4 Å². The summed E-state index contributed by atoms with van der Waals surface area (Å²) in [7, 11) is 1.83. The lowest BCUT2D eigenvalue weighted by Gasteiger charge is -2.41. The maximum absolute atomic E-state index is 12.0. The fourth-order valence-electron chi connectivity index (χ4n) is 3.11. The highest BCUT2D eigenvalue weighted by atomic mass is 16.2. The first-order valence-electron chi connectivity index (χ1n) is 7.86. The van der Waals surface area contributed by atoms with Crippen LogP contribution in [0.25, 0.3) is 0 Å². The molecule has 2 saturated heterocycles. The number of aromatic nitrogens is 3. The van der Waals surface area contributed by atoms with E-state index < -0.39 is 0 Å². The Morgan fingerprint density at radius 2 is 2.04 bits per heavy atom. The second-order valence-corrected chi connectivity index (χ2v) is 6.25. The Hall–Kier alpha value is -2.57. The van der Waals surface area contributed by atoms with Gasteiger partial charge in [-0.25, -0.2) is 4.79 Å². The van der Waals surface area contributed by atoms with Crippen LogP contribution in [0, 0.1) is 6.92 Å². The van der Waals surface area contributed by atoms with Crippen LogP contribution in [-0.2, 0) is 0 Å². The summed E-state index contributed by atoms with van der Waals surface area (Å²) in [5.74, 6) is 0. The summed E-state index contributed by atoms with van der Waals surface area (Å²) in [6.07, 6.45) is 5.62. The molecular weight excluding hydrogens is 292 g/mol. The molecular formula is C16H20N6O. The van der Waals surface area contributed by atoms with Gasteiger partial charge >= 0.3 is 6.03 Å². The molecule has 0 aromatic carbocycles. The van der Waals surface area contributed by atoms with Crippen molar-refractivity contribution in [2.75, 3.05) is 43.0 Å². The van der Waals surface area contributed by atoms with Gasteiger partial charge < -0.3 is 9.80 Å². The Kier molecular flexibility index (Phi) is 3.21. The molecule has 0 bridgehead atoms. The van der Waals surface area contributed by atoms with Gasteiger partial charge in [0.05, 0.1) is 17.9 Å². The molecule has 2 aromatic rings. The summed E-state index contributed by atoms with van der Waals surface area (Å²) >= 11 is 0. The molecule has 0 atom stereocenters. The molecule has 2 fully saturated rings. The second-order valence-electron chi connectivity index (χ2n) is 6.25. The van der Waals surface area contributed by atoms with E-state index >= 15 is 0 Å². The van der Waals surface area contributed by atoms with Crippen molar-refractivity contribution >= 4 is 17.4 Å². The van der Waals surface area contributed by atoms with Gasteiger partial charge in [0.15, 0.2) is 0 Å². The van der Waals surface area contributed by atoms with Crippen molar-refractivity contribution in [3.63, 3.8) is 0 Å². The van der Waals surface area contributed by atoms with Crippen molar-refractivity contribution in [1.82, 2.24) is 19.7 Å². The lowest BCUT2D eigenvalue weighted by molar-refractivity contribution is 0.229. The third kappa shape index (κ3) is 2.42. The lowest BCUT2D eigenvalue weighted by atomic mass is 10.1. The number of hydrogen-bond acceptors (Lipinski definition) is 4. The Balaban J connectivity index is 1.42.